The number of carbonyl (C=O) groups excluding carboxylic acids is 3. The van der Waals surface area contributed by atoms with Gasteiger partial charge in [-0.05, 0) is 12.1 Å². The smallest absolute Gasteiger partial charge is 0.325 e. The monoisotopic (exact) mass is 294 g/mol. The predicted molar refractivity (Wildman–Crippen MR) is 77.0 cm³/mol. The fraction of sp³-hybridized carbons (Fsp3) is 0.357. The van der Waals surface area contributed by atoms with E-state index in [4.69, 9.17) is 0 Å². The number of para-hydroxylation sites is 2. The Morgan fingerprint density at radius 3 is 2.05 bits per heavy atom. The van der Waals surface area contributed by atoms with Crippen LogP contribution in [0.5, 0.6) is 0 Å². The summed E-state index contributed by atoms with van der Waals surface area (Å²) in [4.78, 5) is 35.7. The topological polar surface area (TPSA) is 84.9 Å². The van der Waals surface area contributed by atoms with Gasteiger partial charge in [0.15, 0.2) is 0 Å². The summed E-state index contributed by atoms with van der Waals surface area (Å²) in [5, 5.41) is 2.65. The van der Waals surface area contributed by atoms with Gasteiger partial charge in [-0.2, -0.15) is 0 Å². The first-order chi connectivity index (χ1) is 9.97. The Labute approximate surface area is 122 Å². The fourth-order valence-corrected chi connectivity index (χ4v) is 1.71. The van der Waals surface area contributed by atoms with E-state index in [0.29, 0.717) is 11.4 Å². The number of methoxy groups -OCH3 is 2. The summed E-state index contributed by atoms with van der Waals surface area (Å²) in [5.74, 6) is -1.26. The van der Waals surface area contributed by atoms with Crippen LogP contribution in [0.1, 0.15) is 6.92 Å². The van der Waals surface area contributed by atoms with Gasteiger partial charge in [-0.3, -0.25) is 14.4 Å². The molecule has 1 aromatic carbocycles. The highest BCUT2D eigenvalue weighted by molar-refractivity contribution is 5.94. The number of nitrogens with zero attached hydrogens (tertiary/aromatic N) is 1. The molecule has 21 heavy (non-hydrogen) atoms. The van der Waals surface area contributed by atoms with Crippen molar-refractivity contribution in [2.45, 2.75) is 6.92 Å². The van der Waals surface area contributed by atoms with E-state index in [1.54, 1.807) is 24.3 Å². The van der Waals surface area contributed by atoms with Crippen LogP contribution in [0.3, 0.4) is 0 Å². The minimum Gasteiger partial charge on any atom is -0.468 e. The van der Waals surface area contributed by atoms with Gasteiger partial charge in [-0.1, -0.05) is 12.1 Å². The summed E-state index contributed by atoms with van der Waals surface area (Å²) < 4.78 is 9.24. The Morgan fingerprint density at radius 1 is 1.05 bits per heavy atom. The molecule has 0 aliphatic rings. The summed E-state index contributed by atoms with van der Waals surface area (Å²) in [6.45, 7) is 1.10. The lowest BCUT2D eigenvalue weighted by Crippen LogP contribution is -2.36. The molecule has 0 unspecified atom stereocenters. The molecule has 114 valence electrons. The van der Waals surface area contributed by atoms with E-state index in [2.05, 4.69) is 14.8 Å². The van der Waals surface area contributed by atoms with E-state index < -0.39 is 11.9 Å². The number of esters is 2. The van der Waals surface area contributed by atoms with Crippen molar-refractivity contribution in [1.82, 2.24) is 0 Å². The summed E-state index contributed by atoms with van der Waals surface area (Å²) in [6, 6.07) is 6.85. The molecule has 0 heterocycles. The average Bonchev–Trinajstić information content (AvgIpc) is 2.46. The number of ether oxygens (including phenoxy) is 2. The van der Waals surface area contributed by atoms with E-state index in [0.717, 1.165) is 0 Å². The zero-order valence-electron chi connectivity index (χ0n) is 12.2. The number of rotatable bonds is 6. The molecular formula is C14H18N2O5. The molecule has 0 saturated heterocycles. The Kier molecular flexibility index (Phi) is 6.19. The third-order valence-corrected chi connectivity index (χ3v) is 2.65. The first-order valence-corrected chi connectivity index (χ1v) is 6.23. The zero-order chi connectivity index (χ0) is 15.8. The normalized spacial score (nSPS) is 9.67. The molecule has 0 aliphatic carbocycles. The fourth-order valence-electron chi connectivity index (χ4n) is 1.71. The molecule has 1 rings (SSSR count). The molecule has 7 nitrogen and oxygen atoms in total. The second-order valence-corrected chi connectivity index (χ2v) is 4.21. The lowest BCUT2D eigenvalue weighted by atomic mass is 10.2. The zero-order valence-corrected chi connectivity index (χ0v) is 12.2. The van der Waals surface area contributed by atoms with Crippen molar-refractivity contribution >= 4 is 29.2 Å². The van der Waals surface area contributed by atoms with Crippen LogP contribution >= 0.6 is 0 Å². The number of hydrogen-bond acceptors (Lipinski definition) is 6. The SMILES string of the molecule is COC(=O)CN(CC(=O)OC)c1ccccc1NC(C)=O. The molecule has 0 bridgehead atoms. The summed E-state index contributed by atoms with van der Waals surface area (Å²) >= 11 is 0. The lowest BCUT2D eigenvalue weighted by Gasteiger charge is -2.24. The van der Waals surface area contributed by atoms with Crippen molar-refractivity contribution in [2.24, 2.45) is 0 Å². The molecule has 0 saturated carbocycles. The van der Waals surface area contributed by atoms with Gasteiger partial charge in [0.25, 0.3) is 0 Å². The summed E-state index contributed by atoms with van der Waals surface area (Å²) in [5.41, 5.74) is 1.03. The number of benzene rings is 1. The van der Waals surface area contributed by atoms with Gasteiger partial charge in [-0.25, -0.2) is 0 Å². The quantitative estimate of drug-likeness (QED) is 0.781. The number of hydrogen-bond donors (Lipinski definition) is 1. The van der Waals surface area contributed by atoms with Crippen LogP contribution in [0.2, 0.25) is 0 Å². The Morgan fingerprint density at radius 2 is 1.57 bits per heavy atom. The molecule has 1 N–H and O–H groups in total. The van der Waals surface area contributed by atoms with Crippen molar-refractivity contribution in [2.75, 3.05) is 37.5 Å². The van der Waals surface area contributed by atoms with Crippen LogP contribution in [0.25, 0.3) is 0 Å². The van der Waals surface area contributed by atoms with E-state index in [9.17, 15) is 14.4 Å². The maximum absolute atomic E-state index is 11.5. The second kappa shape index (κ2) is 7.88. The Hall–Kier alpha value is -2.57. The predicted octanol–water partition coefficient (Wildman–Crippen LogP) is 0.797. The average molecular weight is 294 g/mol. The summed E-state index contributed by atoms with van der Waals surface area (Å²) in [7, 11) is 2.52. The van der Waals surface area contributed by atoms with Crippen LogP contribution in [-0.2, 0) is 23.9 Å². The van der Waals surface area contributed by atoms with Gasteiger partial charge >= 0.3 is 11.9 Å². The van der Waals surface area contributed by atoms with Crippen LogP contribution in [0, 0.1) is 0 Å². The first kappa shape index (κ1) is 16.5. The van der Waals surface area contributed by atoms with Crippen LogP contribution in [-0.4, -0.2) is 45.2 Å². The third-order valence-electron chi connectivity index (χ3n) is 2.65. The van der Waals surface area contributed by atoms with Crippen LogP contribution in [0.15, 0.2) is 24.3 Å². The summed E-state index contributed by atoms with van der Waals surface area (Å²) in [6.07, 6.45) is 0. The van der Waals surface area contributed by atoms with Gasteiger partial charge in [0.2, 0.25) is 5.91 Å². The molecule has 1 aromatic rings. The first-order valence-electron chi connectivity index (χ1n) is 6.23. The highest BCUT2D eigenvalue weighted by atomic mass is 16.5. The maximum atomic E-state index is 11.5. The number of carbonyl (C=O) groups is 3. The van der Waals surface area contributed by atoms with Crippen LogP contribution < -0.4 is 10.2 Å². The van der Waals surface area contributed by atoms with Gasteiger partial charge in [0.1, 0.15) is 13.1 Å². The van der Waals surface area contributed by atoms with Gasteiger partial charge in [-0.15, -0.1) is 0 Å². The Bertz CT molecular complexity index is 512. The standard InChI is InChI=1S/C14H18N2O5/c1-10(17)15-11-6-4-5-7-12(11)16(8-13(18)20-2)9-14(19)21-3/h4-7H,8-9H2,1-3H3,(H,15,17). The van der Waals surface area contributed by atoms with E-state index in [1.807, 2.05) is 0 Å². The van der Waals surface area contributed by atoms with Crippen molar-refractivity contribution in [3.63, 3.8) is 0 Å². The highest BCUT2D eigenvalue weighted by Crippen LogP contribution is 2.25. The van der Waals surface area contributed by atoms with Crippen molar-refractivity contribution in [3.05, 3.63) is 24.3 Å². The minimum absolute atomic E-state index is 0.137. The molecule has 0 aliphatic heterocycles. The van der Waals surface area contributed by atoms with E-state index in [1.165, 1.54) is 26.0 Å². The number of amides is 1. The van der Waals surface area contributed by atoms with Gasteiger partial charge in [0, 0.05) is 6.92 Å². The van der Waals surface area contributed by atoms with Gasteiger partial charge in [0.05, 0.1) is 25.6 Å². The molecule has 7 heteroatoms. The molecule has 0 aromatic heterocycles. The van der Waals surface area contributed by atoms with Crippen molar-refractivity contribution in [3.8, 4) is 0 Å². The molecular weight excluding hydrogens is 276 g/mol. The van der Waals surface area contributed by atoms with Crippen molar-refractivity contribution in [1.29, 1.82) is 0 Å². The minimum atomic E-state index is -0.503. The van der Waals surface area contributed by atoms with Crippen LogP contribution in [0.4, 0.5) is 11.4 Å². The molecule has 0 atom stereocenters. The van der Waals surface area contributed by atoms with Crippen molar-refractivity contribution < 1.29 is 23.9 Å². The highest BCUT2D eigenvalue weighted by Gasteiger charge is 2.19. The molecule has 0 radical (unpaired) electrons. The second-order valence-electron chi connectivity index (χ2n) is 4.21. The number of anilines is 2. The Balaban J connectivity index is 3.08. The van der Waals surface area contributed by atoms with E-state index >= 15 is 0 Å². The molecule has 0 fully saturated rings. The lowest BCUT2D eigenvalue weighted by molar-refractivity contribution is -0.140. The largest absolute Gasteiger partial charge is 0.468 e. The van der Waals surface area contributed by atoms with E-state index in [-0.39, 0.29) is 19.0 Å². The molecule has 0 spiro atoms. The third kappa shape index (κ3) is 5.13. The maximum Gasteiger partial charge on any atom is 0.325 e. The van der Waals surface area contributed by atoms with Gasteiger partial charge < -0.3 is 19.7 Å². The number of nitrogens with one attached hydrogen (secondary N) is 1. The molecule has 1 amide bonds.